The summed E-state index contributed by atoms with van der Waals surface area (Å²) in [4.78, 5) is 13.4. The number of nitrogens with one attached hydrogen (secondary N) is 1. The Labute approximate surface area is 87.3 Å². The fourth-order valence-electron chi connectivity index (χ4n) is 1.74. The van der Waals surface area contributed by atoms with E-state index in [4.69, 9.17) is 5.26 Å². The molecule has 1 aromatic carbocycles. The molecule has 0 amide bonds. The normalized spacial score (nSPS) is 10.1. The van der Waals surface area contributed by atoms with E-state index >= 15 is 0 Å². The van der Waals surface area contributed by atoms with E-state index in [9.17, 15) is 4.79 Å². The lowest BCUT2D eigenvalue weighted by atomic mass is 10.0. The van der Waals surface area contributed by atoms with Crippen molar-refractivity contribution >= 4 is 17.2 Å². The summed E-state index contributed by atoms with van der Waals surface area (Å²) in [5, 5.41) is 9.93. The highest BCUT2D eigenvalue weighted by Gasteiger charge is 2.05. The smallest absolute Gasteiger partial charge is 0.120 e. The molecule has 1 aromatic heterocycles. The van der Waals surface area contributed by atoms with Crippen molar-refractivity contribution in [3.05, 3.63) is 35.5 Å². The molecular formula is C12H10N2O. The van der Waals surface area contributed by atoms with Gasteiger partial charge in [0.2, 0.25) is 0 Å². The molecule has 1 heterocycles. The van der Waals surface area contributed by atoms with Crippen LogP contribution in [0.4, 0.5) is 0 Å². The number of benzene rings is 1. The predicted octanol–water partition coefficient (Wildman–Crippen LogP) is 2.17. The third kappa shape index (κ3) is 1.62. The van der Waals surface area contributed by atoms with Gasteiger partial charge in [-0.2, -0.15) is 5.26 Å². The maximum absolute atomic E-state index is 10.3. The minimum Gasteiger partial charge on any atom is -0.360 e. The molecule has 74 valence electrons. The van der Waals surface area contributed by atoms with Crippen molar-refractivity contribution in [3.63, 3.8) is 0 Å². The van der Waals surface area contributed by atoms with Crippen molar-refractivity contribution in [3.8, 4) is 6.07 Å². The lowest BCUT2D eigenvalue weighted by Gasteiger charge is -2.01. The Morgan fingerprint density at radius 3 is 3.00 bits per heavy atom. The van der Waals surface area contributed by atoms with Crippen molar-refractivity contribution in [1.82, 2.24) is 4.98 Å². The summed E-state index contributed by atoms with van der Waals surface area (Å²) in [5.41, 5.74) is 2.61. The van der Waals surface area contributed by atoms with E-state index < -0.39 is 0 Å². The van der Waals surface area contributed by atoms with Crippen molar-refractivity contribution in [2.24, 2.45) is 0 Å². The molecule has 2 rings (SSSR count). The van der Waals surface area contributed by atoms with Gasteiger partial charge >= 0.3 is 0 Å². The molecule has 1 N–H and O–H groups in total. The topological polar surface area (TPSA) is 56.6 Å². The molecule has 0 radical (unpaired) electrons. The molecule has 15 heavy (non-hydrogen) atoms. The zero-order valence-corrected chi connectivity index (χ0v) is 8.16. The third-order valence-electron chi connectivity index (χ3n) is 2.47. The Bertz CT molecular complexity index is 534. The number of H-pyrrole nitrogens is 1. The Kier molecular flexibility index (Phi) is 2.51. The number of hydrogen-bond acceptors (Lipinski definition) is 2. The van der Waals surface area contributed by atoms with Gasteiger partial charge in [-0.15, -0.1) is 0 Å². The van der Waals surface area contributed by atoms with E-state index in [1.54, 1.807) is 6.07 Å². The SMILES string of the molecule is N#Cc1ccc(CCC=O)c2cc[nH]c12. The molecular weight excluding hydrogens is 188 g/mol. The largest absolute Gasteiger partial charge is 0.360 e. The van der Waals surface area contributed by atoms with Crippen LogP contribution in [-0.4, -0.2) is 11.3 Å². The zero-order chi connectivity index (χ0) is 10.7. The molecule has 0 unspecified atom stereocenters. The second-order valence-electron chi connectivity index (χ2n) is 3.36. The van der Waals surface area contributed by atoms with Crippen LogP contribution in [0.2, 0.25) is 0 Å². The third-order valence-corrected chi connectivity index (χ3v) is 2.47. The lowest BCUT2D eigenvalue weighted by molar-refractivity contribution is -0.107. The van der Waals surface area contributed by atoms with Crippen molar-refractivity contribution in [2.45, 2.75) is 12.8 Å². The first kappa shape index (κ1) is 9.47. The molecule has 2 aromatic rings. The number of nitrogens with zero attached hydrogens (tertiary/aromatic N) is 1. The molecule has 3 heteroatoms. The van der Waals surface area contributed by atoms with E-state index in [0.717, 1.165) is 29.2 Å². The lowest BCUT2D eigenvalue weighted by Crippen LogP contribution is -1.89. The van der Waals surface area contributed by atoms with E-state index in [1.807, 2.05) is 18.3 Å². The summed E-state index contributed by atoms with van der Waals surface area (Å²) in [6.45, 7) is 0. The predicted molar refractivity (Wildman–Crippen MR) is 57.4 cm³/mol. The monoisotopic (exact) mass is 198 g/mol. The number of fused-ring (bicyclic) bond motifs is 1. The number of nitriles is 1. The van der Waals surface area contributed by atoms with Gasteiger partial charge in [-0.3, -0.25) is 0 Å². The summed E-state index contributed by atoms with van der Waals surface area (Å²) in [6.07, 6.45) is 3.97. The summed E-state index contributed by atoms with van der Waals surface area (Å²) in [5.74, 6) is 0. The highest BCUT2D eigenvalue weighted by molar-refractivity contribution is 5.88. The summed E-state index contributed by atoms with van der Waals surface area (Å²) < 4.78 is 0. The molecule has 0 aliphatic carbocycles. The number of carbonyl (C=O) groups excluding carboxylic acids is 1. The number of hydrogen-bond donors (Lipinski definition) is 1. The molecule has 0 fully saturated rings. The standard InChI is InChI=1S/C12H10N2O/c13-8-10-4-3-9(2-1-7-15)11-5-6-14-12(10)11/h3-7,14H,1-2H2. The van der Waals surface area contributed by atoms with Gasteiger partial charge in [0.05, 0.1) is 11.1 Å². The molecule has 0 aliphatic rings. The molecule has 0 atom stereocenters. The Balaban J connectivity index is 2.54. The highest BCUT2D eigenvalue weighted by Crippen LogP contribution is 2.22. The highest BCUT2D eigenvalue weighted by atomic mass is 16.1. The van der Waals surface area contributed by atoms with Crippen LogP contribution in [0.25, 0.3) is 10.9 Å². The van der Waals surface area contributed by atoms with Gasteiger partial charge in [0.15, 0.2) is 0 Å². The van der Waals surface area contributed by atoms with Crippen LogP contribution in [0.15, 0.2) is 24.4 Å². The van der Waals surface area contributed by atoms with E-state index in [1.165, 1.54) is 0 Å². The van der Waals surface area contributed by atoms with Gasteiger partial charge in [0.1, 0.15) is 12.4 Å². The van der Waals surface area contributed by atoms with Crippen molar-refractivity contribution < 1.29 is 4.79 Å². The summed E-state index contributed by atoms with van der Waals surface area (Å²) >= 11 is 0. The minimum atomic E-state index is 0.520. The second kappa shape index (κ2) is 3.97. The number of rotatable bonds is 3. The fraction of sp³-hybridized carbons (Fsp3) is 0.167. The molecule has 3 nitrogen and oxygen atoms in total. The second-order valence-corrected chi connectivity index (χ2v) is 3.36. The maximum Gasteiger partial charge on any atom is 0.120 e. The van der Waals surface area contributed by atoms with E-state index in [-0.39, 0.29) is 0 Å². The van der Waals surface area contributed by atoms with Gasteiger partial charge in [-0.1, -0.05) is 6.07 Å². The average Bonchev–Trinajstić information content (AvgIpc) is 2.74. The van der Waals surface area contributed by atoms with Gasteiger partial charge in [-0.25, -0.2) is 0 Å². The van der Waals surface area contributed by atoms with Crippen LogP contribution in [0.5, 0.6) is 0 Å². The zero-order valence-electron chi connectivity index (χ0n) is 8.16. The van der Waals surface area contributed by atoms with Crippen molar-refractivity contribution in [2.75, 3.05) is 0 Å². The quantitative estimate of drug-likeness (QED) is 0.768. The summed E-state index contributed by atoms with van der Waals surface area (Å²) in [7, 11) is 0. The molecule has 0 bridgehead atoms. The van der Waals surface area contributed by atoms with Crippen molar-refractivity contribution in [1.29, 1.82) is 5.26 Å². The number of aromatic amines is 1. The Morgan fingerprint density at radius 1 is 1.40 bits per heavy atom. The van der Waals surface area contributed by atoms with Crippen LogP contribution in [0.3, 0.4) is 0 Å². The van der Waals surface area contributed by atoms with Gasteiger partial charge in [0, 0.05) is 18.0 Å². The fourth-order valence-corrected chi connectivity index (χ4v) is 1.74. The van der Waals surface area contributed by atoms with Crippen LogP contribution in [0.1, 0.15) is 17.5 Å². The van der Waals surface area contributed by atoms with Gasteiger partial charge in [-0.05, 0) is 24.1 Å². The Hall–Kier alpha value is -2.08. The minimum absolute atomic E-state index is 0.520. The van der Waals surface area contributed by atoms with Crippen LogP contribution in [0, 0.1) is 11.3 Å². The van der Waals surface area contributed by atoms with Crippen LogP contribution in [-0.2, 0) is 11.2 Å². The Morgan fingerprint density at radius 2 is 2.27 bits per heavy atom. The van der Waals surface area contributed by atoms with Crippen LogP contribution < -0.4 is 0 Å². The number of aldehydes is 1. The number of aryl methyl sites for hydroxylation is 1. The molecule has 0 aliphatic heterocycles. The molecule has 0 saturated carbocycles. The van der Waals surface area contributed by atoms with Gasteiger partial charge in [0.25, 0.3) is 0 Å². The first-order valence-electron chi connectivity index (χ1n) is 4.79. The number of carbonyl (C=O) groups is 1. The van der Waals surface area contributed by atoms with E-state index in [2.05, 4.69) is 11.1 Å². The van der Waals surface area contributed by atoms with Gasteiger partial charge < -0.3 is 9.78 Å². The maximum atomic E-state index is 10.3. The average molecular weight is 198 g/mol. The molecule has 0 saturated heterocycles. The van der Waals surface area contributed by atoms with Crippen LogP contribution >= 0.6 is 0 Å². The van der Waals surface area contributed by atoms with E-state index in [0.29, 0.717) is 12.0 Å². The number of aromatic nitrogens is 1. The molecule has 0 spiro atoms. The first-order chi connectivity index (χ1) is 7.36. The summed E-state index contributed by atoms with van der Waals surface area (Å²) in [6, 6.07) is 7.78. The first-order valence-corrected chi connectivity index (χ1v) is 4.79.